The highest BCUT2D eigenvalue weighted by molar-refractivity contribution is 6.06. The Morgan fingerprint density at radius 2 is 1.86 bits per heavy atom. The Kier molecular flexibility index (Phi) is 2.59. The van der Waals surface area contributed by atoms with Gasteiger partial charge in [0.05, 0.1) is 0 Å². The van der Waals surface area contributed by atoms with Gasteiger partial charge in [-0.2, -0.15) is 0 Å². The molecule has 0 aromatic heterocycles. The number of rotatable bonds is 3. The first-order chi connectivity index (χ1) is 6.43. The largest absolute Gasteiger partial charge is 0.479 e. The molecule has 2 amide bonds. The van der Waals surface area contributed by atoms with Crippen LogP contribution in [0.1, 0.15) is 33.1 Å². The van der Waals surface area contributed by atoms with Crippen molar-refractivity contribution in [2.45, 2.75) is 38.6 Å². The van der Waals surface area contributed by atoms with Gasteiger partial charge in [-0.3, -0.25) is 14.5 Å². The summed E-state index contributed by atoms with van der Waals surface area (Å²) in [5.74, 6) is -1.91. The number of hydrogen-bond donors (Lipinski definition) is 1. The summed E-state index contributed by atoms with van der Waals surface area (Å²) in [7, 11) is 0. The van der Waals surface area contributed by atoms with Crippen LogP contribution in [0.4, 0.5) is 0 Å². The number of carbonyl (C=O) groups is 3. The molecule has 1 unspecified atom stereocenters. The van der Waals surface area contributed by atoms with Crippen LogP contribution in [0.25, 0.3) is 0 Å². The Morgan fingerprint density at radius 1 is 1.43 bits per heavy atom. The van der Waals surface area contributed by atoms with Gasteiger partial charge in [-0.25, -0.2) is 4.79 Å². The molecule has 14 heavy (non-hydrogen) atoms. The number of carboxylic acids is 1. The maximum atomic E-state index is 11.3. The van der Waals surface area contributed by atoms with E-state index in [0.717, 1.165) is 4.90 Å². The highest BCUT2D eigenvalue weighted by atomic mass is 16.4. The van der Waals surface area contributed by atoms with Crippen molar-refractivity contribution in [1.82, 2.24) is 4.90 Å². The molecular formula is C9H13NO4. The standard InChI is InChI=1S/C9H13NO4/c1-3-9(2,8(13)14)10-6(11)4-5-7(10)12/h3-5H2,1-2H3,(H,13,14). The summed E-state index contributed by atoms with van der Waals surface area (Å²) in [6, 6.07) is 0. The second kappa shape index (κ2) is 3.40. The van der Waals surface area contributed by atoms with E-state index in [0.29, 0.717) is 0 Å². The number of aliphatic carboxylic acids is 1. The Balaban J connectivity index is 3.05. The third-order valence-electron chi connectivity index (χ3n) is 2.69. The molecular weight excluding hydrogens is 186 g/mol. The molecule has 5 nitrogen and oxygen atoms in total. The second-order valence-electron chi connectivity index (χ2n) is 3.56. The first-order valence-electron chi connectivity index (χ1n) is 4.52. The predicted octanol–water partition coefficient (Wildman–Crippen LogP) is 0.389. The lowest BCUT2D eigenvalue weighted by Gasteiger charge is -2.32. The lowest BCUT2D eigenvalue weighted by Crippen LogP contribution is -2.54. The molecule has 1 saturated heterocycles. The number of nitrogens with zero attached hydrogens (tertiary/aromatic N) is 1. The molecule has 1 heterocycles. The van der Waals surface area contributed by atoms with Crippen molar-refractivity contribution in [3.8, 4) is 0 Å². The molecule has 78 valence electrons. The molecule has 0 spiro atoms. The number of carboxylic acid groups (broad SMARTS) is 1. The second-order valence-corrected chi connectivity index (χ2v) is 3.56. The normalized spacial score (nSPS) is 21.1. The van der Waals surface area contributed by atoms with E-state index < -0.39 is 11.5 Å². The van der Waals surface area contributed by atoms with Crippen molar-refractivity contribution in [2.75, 3.05) is 0 Å². The maximum absolute atomic E-state index is 11.3. The third-order valence-corrected chi connectivity index (χ3v) is 2.69. The number of carbonyl (C=O) groups excluding carboxylic acids is 2. The Bertz CT molecular complexity index is 283. The van der Waals surface area contributed by atoms with Crippen LogP contribution in [-0.4, -0.2) is 33.3 Å². The number of likely N-dealkylation sites (tertiary alicyclic amines) is 1. The molecule has 0 radical (unpaired) electrons. The molecule has 1 N–H and O–H groups in total. The fraction of sp³-hybridized carbons (Fsp3) is 0.667. The summed E-state index contributed by atoms with van der Waals surface area (Å²) in [6.07, 6.45) is 0.475. The van der Waals surface area contributed by atoms with E-state index >= 15 is 0 Å². The summed E-state index contributed by atoms with van der Waals surface area (Å²) in [5, 5.41) is 8.98. The Hall–Kier alpha value is -1.39. The van der Waals surface area contributed by atoms with Gasteiger partial charge in [-0.1, -0.05) is 6.92 Å². The molecule has 5 heteroatoms. The quantitative estimate of drug-likeness (QED) is 0.667. The van der Waals surface area contributed by atoms with E-state index in [2.05, 4.69) is 0 Å². The average Bonchev–Trinajstić information content (AvgIpc) is 2.45. The minimum atomic E-state index is -1.38. The number of imide groups is 1. The fourth-order valence-electron chi connectivity index (χ4n) is 1.53. The lowest BCUT2D eigenvalue weighted by molar-refractivity contribution is -0.162. The minimum Gasteiger partial charge on any atom is -0.479 e. The minimum absolute atomic E-state index is 0.127. The van der Waals surface area contributed by atoms with Gasteiger partial charge in [0.2, 0.25) is 11.8 Å². The van der Waals surface area contributed by atoms with Gasteiger partial charge in [0.25, 0.3) is 0 Å². The highest BCUT2D eigenvalue weighted by Crippen LogP contribution is 2.26. The third kappa shape index (κ3) is 1.38. The van der Waals surface area contributed by atoms with E-state index in [4.69, 9.17) is 5.11 Å². The summed E-state index contributed by atoms with van der Waals surface area (Å²) in [4.78, 5) is 34.5. The predicted molar refractivity (Wildman–Crippen MR) is 47.4 cm³/mol. The summed E-state index contributed by atoms with van der Waals surface area (Å²) >= 11 is 0. The van der Waals surface area contributed by atoms with Gasteiger partial charge < -0.3 is 5.11 Å². The molecule has 0 aromatic rings. The van der Waals surface area contributed by atoms with E-state index in [1.54, 1.807) is 6.92 Å². The average molecular weight is 199 g/mol. The van der Waals surface area contributed by atoms with Crippen LogP contribution in [0.3, 0.4) is 0 Å². The summed E-state index contributed by atoms with van der Waals surface area (Å²) in [6.45, 7) is 3.05. The van der Waals surface area contributed by atoms with Crippen molar-refractivity contribution in [3.05, 3.63) is 0 Å². The molecule has 0 saturated carbocycles. The SMILES string of the molecule is CCC(C)(C(=O)O)N1C(=O)CCC1=O. The molecule has 1 aliphatic rings. The van der Waals surface area contributed by atoms with Gasteiger partial charge in [0.15, 0.2) is 0 Å². The van der Waals surface area contributed by atoms with E-state index in [9.17, 15) is 14.4 Å². The van der Waals surface area contributed by atoms with Crippen molar-refractivity contribution < 1.29 is 19.5 Å². The zero-order valence-corrected chi connectivity index (χ0v) is 8.24. The van der Waals surface area contributed by atoms with Crippen LogP contribution in [0.15, 0.2) is 0 Å². The maximum Gasteiger partial charge on any atom is 0.329 e. The van der Waals surface area contributed by atoms with Crippen molar-refractivity contribution in [1.29, 1.82) is 0 Å². The molecule has 0 aromatic carbocycles. The van der Waals surface area contributed by atoms with Crippen LogP contribution in [0, 0.1) is 0 Å². The zero-order valence-electron chi connectivity index (χ0n) is 8.24. The van der Waals surface area contributed by atoms with Gasteiger partial charge in [0, 0.05) is 12.8 Å². The van der Waals surface area contributed by atoms with Gasteiger partial charge in [-0.15, -0.1) is 0 Å². The van der Waals surface area contributed by atoms with Crippen LogP contribution >= 0.6 is 0 Å². The van der Waals surface area contributed by atoms with Crippen molar-refractivity contribution >= 4 is 17.8 Å². The van der Waals surface area contributed by atoms with Crippen LogP contribution < -0.4 is 0 Å². The molecule has 1 aliphatic heterocycles. The Morgan fingerprint density at radius 3 is 2.14 bits per heavy atom. The first kappa shape index (κ1) is 10.7. The lowest BCUT2D eigenvalue weighted by atomic mass is 9.97. The van der Waals surface area contributed by atoms with Crippen LogP contribution in [-0.2, 0) is 14.4 Å². The topological polar surface area (TPSA) is 74.7 Å². The highest BCUT2D eigenvalue weighted by Gasteiger charge is 2.47. The van der Waals surface area contributed by atoms with Gasteiger partial charge >= 0.3 is 5.97 Å². The van der Waals surface area contributed by atoms with E-state index in [1.165, 1.54) is 6.92 Å². The van der Waals surface area contributed by atoms with Gasteiger partial charge in [0.1, 0.15) is 5.54 Å². The Labute approximate surface area is 81.7 Å². The molecule has 0 aliphatic carbocycles. The fourth-order valence-corrected chi connectivity index (χ4v) is 1.53. The van der Waals surface area contributed by atoms with Crippen molar-refractivity contribution in [2.24, 2.45) is 0 Å². The molecule has 1 fully saturated rings. The van der Waals surface area contributed by atoms with Crippen molar-refractivity contribution in [3.63, 3.8) is 0 Å². The summed E-state index contributed by atoms with van der Waals surface area (Å²) in [5.41, 5.74) is -1.38. The molecule has 1 rings (SSSR count). The van der Waals surface area contributed by atoms with Gasteiger partial charge in [-0.05, 0) is 13.3 Å². The smallest absolute Gasteiger partial charge is 0.329 e. The summed E-state index contributed by atoms with van der Waals surface area (Å²) < 4.78 is 0. The monoisotopic (exact) mass is 199 g/mol. The van der Waals surface area contributed by atoms with E-state index in [-0.39, 0.29) is 31.1 Å². The number of hydrogen-bond acceptors (Lipinski definition) is 3. The van der Waals surface area contributed by atoms with Crippen LogP contribution in [0.5, 0.6) is 0 Å². The number of amides is 2. The molecule has 1 atom stereocenters. The van der Waals surface area contributed by atoms with Crippen LogP contribution in [0.2, 0.25) is 0 Å². The molecule has 0 bridgehead atoms. The van der Waals surface area contributed by atoms with E-state index in [1.807, 2.05) is 0 Å². The first-order valence-corrected chi connectivity index (χ1v) is 4.52. The zero-order chi connectivity index (χ0) is 10.9.